The molecule has 0 heterocycles. The average molecular weight is 381 g/mol. The Kier molecular flexibility index (Phi) is 5.29. The van der Waals surface area contributed by atoms with E-state index < -0.39 is 6.04 Å². The molecule has 3 nitrogen and oxygen atoms in total. The zero-order valence-corrected chi connectivity index (χ0v) is 14.5. The van der Waals surface area contributed by atoms with Gasteiger partial charge in [0.05, 0.1) is 0 Å². The Bertz CT molecular complexity index is 803. The van der Waals surface area contributed by atoms with Gasteiger partial charge in [0.25, 0.3) is 0 Å². The quantitative estimate of drug-likeness (QED) is 0.551. The van der Waals surface area contributed by atoms with Crippen molar-refractivity contribution in [2.24, 2.45) is 0 Å². The van der Waals surface area contributed by atoms with E-state index in [1.165, 1.54) is 0 Å². The van der Waals surface area contributed by atoms with Crippen molar-refractivity contribution in [2.45, 2.75) is 6.04 Å². The van der Waals surface area contributed by atoms with Gasteiger partial charge in [0.15, 0.2) is 0 Å². The molecule has 0 fully saturated rings. The van der Waals surface area contributed by atoms with E-state index in [0.29, 0.717) is 0 Å². The zero-order chi connectivity index (χ0) is 16.8. The molecule has 0 aliphatic rings. The number of benzene rings is 3. The van der Waals surface area contributed by atoms with Crippen LogP contribution in [0.1, 0.15) is 11.6 Å². The van der Waals surface area contributed by atoms with Gasteiger partial charge >= 0.3 is 0 Å². The fourth-order valence-electron chi connectivity index (χ4n) is 2.47. The highest BCUT2D eigenvalue weighted by Gasteiger charge is 2.14. The maximum atomic E-state index is 11.7. The number of hydrogen-bond acceptors (Lipinski definition) is 3. The van der Waals surface area contributed by atoms with Crippen molar-refractivity contribution in [3.63, 3.8) is 0 Å². The predicted molar refractivity (Wildman–Crippen MR) is 103 cm³/mol. The molecular formula is C20H17BrN2O. The van der Waals surface area contributed by atoms with Crippen LogP contribution >= 0.6 is 15.9 Å². The fourth-order valence-corrected chi connectivity index (χ4v) is 2.73. The third kappa shape index (κ3) is 4.03. The summed E-state index contributed by atoms with van der Waals surface area (Å²) in [5, 5.41) is 6.65. The topological polar surface area (TPSA) is 41.1 Å². The van der Waals surface area contributed by atoms with Gasteiger partial charge in [-0.3, -0.25) is 0 Å². The van der Waals surface area contributed by atoms with Crippen molar-refractivity contribution in [3.05, 3.63) is 88.9 Å². The Hall–Kier alpha value is -2.59. The highest BCUT2D eigenvalue weighted by Crippen LogP contribution is 2.28. The Balaban J connectivity index is 1.86. The number of halogens is 1. The molecule has 3 rings (SSSR count). The minimum atomic E-state index is -0.432. The lowest BCUT2D eigenvalue weighted by molar-refractivity contribution is -0.108. The lowest BCUT2D eigenvalue weighted by Crippen LogP contribution is -2.13. The third-order valence-corrected chi connectivity index (χ3v) is 4.18. The molecule has 24 heavy (non-hydrogen) atoms. The van der Waals surface area contributed by atoms with Gasteiger partial charge in [-0.25, -0.2) is 0 Å². The van der Waals surface area contributed by atoms with E-state index >= 15 is 0 Å². The van der Waals surface area contributed by atoms with Crippen LogP contribution in [-0.4, -0.2) is 6.29 Å². The van der Waals surface area contributed by atoms with Crippen molar-refractivity contribution < 1.29 is 4.79 Å². The summed E-state index contributed by atoms with van der Waals surface area (Å²) in [6, 6.07) is 25.1. The first-order valence-corrected chi connectivity index (χ1v) is 8.44. The third-order valence-electron chi connectivity index (χ3n) is 3.65. The van der Waals surface area contributed by atoms with E-state index in [4.69, 9.17) is 0 Å². The van der Waals surface area contributed by atoms with Crippen LogP contribution in [0.4, 0.5) is 17.1 Å². The van der Waals surface area contributed by atoms with Crippen LogP contribution in [0.15, 0.2) is 83.3 Å². The maximum Gasteiger partial charge on any atom is 0.146 e. The van der Waals surface area contributed by atoms with Crippen LogP contribution < -0.4 is 10.6 Å². The molecule has 0 aliphatic heterocycles. The monoisotopic (exact) mass is 380 g/mol. The molecular weight excluding hydrogens is 364 g/mol. The number of rotatable bonds is 6. The van der Waals surface area contributed by atoms with Crippen LogP contribution in [0.25, 0.3) is 0 Å². The molecule has 1 atom stereocenters. The van der Waals surface area contributed by atoms with Crippen LogP contribution in [0, 0.1) is 0 Å². The van der Waals surface area contributed by atoms with E-state index in [9.17, 15) is 4.79 Å². The van der Waals surface area contributed by atoms with E-state index in [1.807, 2.05) is 78.9 Å². The molecule has 1 unspecified atom stereocenters. The van der Waals surface area contributed by atoms with Crippen molar-refractivity contribution in [3.8, 4) is 0 Å². The Labute approximate surface area is 149 Å². The van der Waals surface area contributed by atoms with Gasteiger partial charge in [0, 0.05) is 27.1 Å². The second-order valence-electron chi connectivity index (χ2n) is 5.34. The van der Waals surface area contributed by atoms with Crippen LogP contribution in [0.3, 0.4) is 0 Å². The molecule has 3 aromatic rings. The summed E-state index contributed by atoms with van der Waals surface area (Å²) in [4.78, 5) is 11.7. The summed E-state index contributed by atoms with van der Waals surface area (Å²) in [5.74, 6) is 0. The molecule has 2 N–H and O–H groups in total. The number of anilines is 3. The van der Waals surface area contributed by atoms with E-state index in [1.54, 1.807) is 0 Å². The minimum Gasteiger partial charge on any atom is -0.372 e. The number of hydrogen-bond donors (Lipinski definition) is 2. The molecule has 0 saturated heterocycles. The van der Waals surface area contributed by atoms with Crippen LogP contribution in [0.5, 0.6) is 0 Å². The summed E-state index contributed by atoms with van der Waals surface area (Å²) in [6.45, 7) is 0. The van der Waals surface area contributed by atoms with E-state index in [-0.39, 0.29) is 0 Å². The standard InChI is InChI=1S/C20H17BrN2O/c21-15-10-12-17(13-11-15)23-20(14-24)18-8-4-5-9-19(18)22-16-6-2-1-3-7-16/h1-14,20,22-23H. The molecule has 0 bridgehead atoms. The summed E-state index contributed by atoms with van der Waals surface area (Å²) in [7, 11) is 0. The molecule has 3 aromatic carbocycles. The SMILES string of the molecule is O=CC(Nc1ccc(Br)cc1)c1ccccc1Nc1ccccc1. The summed E-state index contributed by atoms with van der Waals surface area (Å²) in [6.07, 6.45) is 0.924. The normalized spacial score (nSPS) is 11.5. The molecule has 4 heteroatoms. The first-order valence-electron chi connectivity index (χ1n) is 7.64. The van der Waals surface area contributed by atoms with Gasteiger partial charge in [0.2, 0.25) is 0 Å². The summed E-state index contributed by atoms with van der Waals surface area (Å²) in [5.41, 5.74) is 3.69. The highest BCUT2D eigenvalue weighted by atomic mass is 79.9. The number of carbonyl (C=O) groups excluding carboxylic acids is 1. The summed E-state index contributed by atoms with van der Waals surface area (Å²) >= 11 is 3.42. The van der Waals surface area contributed by atoms with Gasteiger partial charge in [-0.05, 0) is 42.5 Å². The maximum absolute atomic E-state index is 11.7. The smallest absolute Gasteiger partial charge is 0.146 e. The molecule has 0 spiro atoms. The molecule has 120 valence electrons. The second-order valence-corrected chi connectivity index (χ2v) is 6.26. The van der Waals surface area contributed by atoms with Crippen molar-refractivity contribution in [2.75, 3.05) is 10.6 Å². The first kappa shape index (κ1) is 16.3. The van der Waals surface area contributed by atoms with Gasteiger partial charge in [-0.15, -0.1) is 0 Å². The number of aldehydes is 1. The van der Waals surface area contributed by atoms with Crippen molar-refractivity contribution in [1.82, 2.24) is 0 Å². The average Bonchev–Trinajstić information content (AvgIpc) is 2.63. The van der Waals surface area contributed by atoms with E-state index in [2.05, 4.69) is 26.6 Å². The Morgan fingerprint density at radius 2 is 1.46 bits per heavy atom. The van der Waals surface area contributed by atoms with Gasteiger partial charge in [-0.1, -0.05) is 52.3 Å². The van der Waals surface area contributed by atoms with Crippen LogP contribution in [0.2, 0.25) is 0 Å². The molecule has 0 amide bonds. The Morgan fingerprint density at radius 1 is 0.792 bits per heavy atom. The zero-order valence-electron chi connectivity index (χ0n) is 12.9. The van der Waals surface area contributed by atoms with Crippen molar-refractivity contribution in [1.29, 1.82) is 0 Å². The largest absolute Gasteiger partial charge is 0.372 e. The molecule has 0 radical (unpaired) electrons. The van der Waals surface area contributed by atoms with Gasteiger partial charge in [0.1, 0.15) is 12.3 Å². The lowest BCUT2D eigenvalue weighted by atomic mass is 10.0. The molecule has 0 aliphatic carbocycles. The van der Waals surface area contributed by atoms with Gasteiger partial charge in [-0.2, -0.15) is 0 Å². The second kappa shape index (κ2) is 7.79. The Morgan fingerprint density at radius 3 is 2.17 bits per heavy atom. The predicted octanol–water partition coefficient (Wildman–Crippen LogP) is 5.54. The number of para-hydroxylation sites is 2. The highest BCUT2D eigenvalue weighted by molar-refractivity contribution is 9.10. The fraction of sp³-hybridized carbons (Fsp3) is 0.0500. The van der Waals surface area contributed by atoms with Crippen molar-refractivity contribution >= 4 is 39.3 Å². The molecule has 0 aromatic heterocycles. The first-order chi connectivity index (χ1) is 11.8. The van der Waals surface area contributed by atoms with E-state index in [0.717, 1.165) is 33.4 Å². The minimum absolute atomic E-state index is 0.432. The number of nitrogens with one attached hydrogen (secondary N) is 2. The lowest BCUT2D eigenvalue weighted by Gasteiger charge is -2.19. The number of carbonyl (C=O) groups is 1. The van der Waals surface area contributed by atoms with Gasteiger partial charge < -0.3 is 15.4 Å². The molecule has 0 saturated carbocycles. The van der Waals surface area contributed by atoms with Crippen LogP contribution in [-0.2, 0) is 4.79 Å². The summed E-state index contributed by atoms with van der Waals surface area (Å²) < 4.78 is 1.00.